The molecule has 0 bridgehead atoms. The molecule has 0 radical (unpaired) electrons. The number of hydrogen-bond acceptors (Lipinski definition) is 3. The van der Waals surface area contributed by atoms with Crippen LogP contribution in [-0.2, 0) is 0 Å². The predicted molar refractivity (Wildman–Crippen MR) is 55.8 cm³/mol. The van der Waals surface area contributed by atoms with Crippen LogP contribution in [0.1, 0.15) is 26.2 Å². The summed E-state index contributed by atoms with van der Waals surface area (Å²) in [4.78, 5) is 2.52. The molecule has 78 valence electrons. The molecule has 1 N–H and O–H groups in total. The number of piperazine rings is 1. The molecule has 2 aliphatic rings. The zero-order valence-corrected chi connectivity index (χ0v) is 8.92. The van der Waals surface area contributed by atoms with Crippen molar-refractivity contribution in [2.75, 3.05) is 26.2 Å². The average molecular weight is 193 g/mol. The Labute approximate surface area is 86.1 Å². The molecule has 0 aromatic heterocycles. The number of nitriles is 1. The highest BCUT2D eigenvalue weighted by atomic mass is 15.2. The molecule has 1 saturated heterocycles. The van der Waals surface area contributed by atoms with Crippen molar-refractivity contribution in [3.05, 3.63) is 0 Å². The summed E-state index contributed by atoms with van der Waals surface area (Å²) in [5.74, 6) is 0. The average Bonchev–Trinajstić information content (AvgIpc) is 2.85. The van der Waals surface area contributed by atoms with Crippen LogP contribution in [0, 0.1) is 16.7 Å². The van der Waals surface area contributed by atoms with Gasteiger partial charge in [0.1, 0.15) is 0 Å². The first-order valence-electron chi connectivity index (χ1n) is 5.57. The molecule has 2 fully saturated rings. The van der Waals surface area contributed by atoms with Crippen LogP contribution in [0.4, 0.5) is 0 Å². The fraction of sp³-hybridized carbons (Fsp3) is 0.909. The Hall–Kier alpha value is -0.590. The summed E-state index contributed by atoms with van der Waals surface area (Å²) in [5.41, 5.74) is 0.381. The minimum absolute atomic E-state index is 0.381. The standard InChI is InChI=1S/C11H19N3/c1-10-8-14(7-6-13-10)9-11(2-3-11)4-5-12/h10,13H,2-4,6-9H2,1H3. The molecule has 1 aliphatic carbocycles. The molecule has 1 unspecified atom stereocenters. The van der Waals surface area contributed by atoms with E-state index in [1.165, 1.54) is 12.8 Å². The van der Waals surface area contributed by atoms with Crippen LogP contribution in [0.2, 0.25) is 0 Å². The Morgan fingerprint density at radius 2 is 2.36 bits per heavy atom. The zero-order chi connectivity index (χ0) is 10.0. The van der Waals surface area contributed by atoms with Gasteiger partial charge in [-0.3, -0.25) is 4.90 Å². The smallest absolute Gasteiger partial charge is 0.0628 e. The molecule has 14 heavy (non-hydrogen) atoms. The molecular weight excluding hydrogens is 174 g/mol. The summed E-state index contributed by atoms with van der Waals surface area (Å²) in [6, 6.07) is 2.94. The van der Waals surface area contributed by atoms with E-state index in [2.05, 4.69) is 23.2 Å². The Morgan fingerprint density at radius 3 is 2.93 bits per heavy atom. The van der Waals surface area contributed by atoms with Crippen LogP contribution in [-0.4, -0.2) is 37.1 Å². The minimum Gasteiger partial charge on any atom is -0.312 e. The molecule has 1 aliphatic heterocycles. The van der Waals surface area contributed by atoms with E-state index < -0.39 is 0 Å². The summed E-state index contributed by atoms with van der Waals surface area (Å²) in [5, 5.41) is 12.2. The van der Waals surface area contributed by atoms with Gasteiger partial charge in [0.25, 0.3) is 0 Å². The van der Waals surface area contributed by atoms with E-state index in [1.807, 2.05) is 0 Å². The Balaban J connectivity index is 1.82. The van der Waals surface area contributed by atoms with E-state index in [1.54, 1.807) is 0 Å². The van der Waals surface area contributed by atoms with E-state index in [0.717, 1.165) is 32.6 Å². The van der Waals surface area contributed by atoms with E-state index >= 15 is 0 Å². The first kappa shape index (κ1) is 9.95. The maximum atomic E-state index is 8.74. The molecule has 0 spiro atoms. The van der Waals surface area contributed by atoms with Gasteiger partial charge >= 0.3 is 0 Å². The highest BCUT2D eigenvalue weighted by Crippen LogP contribution is 2.49. The van der Waals surface area contributed by atoms with Crippen molar-refractivity contribution in [1.82, 2.24) is 10.2 Å². The van der Waals surface area contributed by atoms with Gasteiger partial charge in [0, 0.05) is 38.6 Å². The van der Waals surface area contributed by atoms with Gasteiger partial charge in [0.2, 0.25) is 0 Å². The van der Waals surface area contributed by atoms with E-state index in [9.17, 15) is 0 Å². The summed E-state index contributed by atoms with van der Waals surface area (Å²) in [6.45, 7) is 6.77. The molecular formula is C11H19N3. The second-order valence-electron chi connectivity index (χ2n) is 4.93. The quantitative estimate of drug-likeness (QED) is 0.726. The van der Waals surface area contributed by atoms with Crippen LogP contribution in [0.15, 0.2) is 0 Å². The monoisotopic (exact) mass is 193 g/mol. The topological polar surface area (TPSA) is 39.1 Å². The third-order valence-electron chi connectivity index (χ3n) is 3.42. The van der Waals surface area contributed by atoms with E-state index in [-0.39, 0.29) is 0 Å². The normalized spacial score (nSPS) is 31.0. The number of nitrogens with zero attached hydrogens (tertiary/aromatic N) is 2. The first-order chi connectivity index (χ1) is 6.74. The third-order valence-corrected chi connectivity index (χ3v) is 3.42. The third kappa shape index (κ3) is 2.26. The maximum absolute atomic E-state index is 8.74. The molecule has 3 nitrogen and oxygen atoms in total. The number of nitrogens with one attached hydrogen (secondary N) is 1. The van der Waals surface area contributed by atoms with Gasteiger partial charge in [0.15, 0.2) is 0 Å². The van der Waals surface area contributed by atoms with Crippen LogP contribution in [0.3, 0.4) is 0 Å². The van der Waals surface area contributed by atoms with Gasteiger partial charge in [-0.15, -0.1) is 0 Å². The second kappa shape index (κ2) is 3.88. The molecule has 0 aromatic carbocycles. The Morgan fingerprint density at radius 1 is 1.57 bits per heavy atom. The molecule has 1 heterocycles. The molecule has 3 heteroatoms. The Kier molecular flexibility index (Phi) is 2.76. The van der Waals surface area contributed by atoms with Gasteiger partial charge in [-0.1, -0.05) is 0 Å². The van der Waals surface area contributed by atoms with E-state index in [4.69, 9.17) is 5.26 Å². The maximum Gasteiger partial charge on any atom is 0.0628 e. The van der Waals surface area contributed by atoms with Crippen LogP contribution < -0.4 is 5.32 Å². The van der Waals surface area contributed by atoms with Gasteiger partial charge in [-0.25, -0.2) is 0 Å². The lowest BCUT2D eigenvalue weighted by Gasteiger charge is -2.34. The summed E-state index contributed by atoms with van der Waals surface area (Å²) < 4.78 is 0. The largest absolute Gasteiger partial charge is 0.312 e. The van der Waals surface area contributed by atoms with Crippen molar-refractivity contribution in [3.8, 4) is 6.07 Å². The molecule has 0 aromatic rings. The van der Waals surface area contributed by atoms with Crippen molar-refractivity contribution >= 4 is 0 Å². The van der Waals surface area contributed by atoms with E-state index in [0.29, 0.717) is 11.5 Å². The van der Waals surface area contributed by atoms with Crippen molar-refractivity contribution in [3.63, 3.8) is 0 Å². The molecule has 2 rings (SSSR count). The zero-order valence-electron chi connectivity index (χ0n) is 8.92. The summed E-state index contributed by atoms with van der Waals surface area (Å²) in [7, 11) is 0. The lowest BCUT2D eigenvalue weighted by atomic mass is 10.0. The fourth-order valence-corrected chi connectivity index (χ4v) is 2.37. The SMILES string of the molecule is CC1CN(CC2(CC#N)CC2)CCN1. The summed E-state index contributed by atoms with van der Waals surface area (Å²) in [6.07, 6.45) is 3.28. The van der Waals surface area contributed by atoms with Crippen LogP contribution >= 0.6 is 0 Å². The highest BCUT2D eigenvalue weighted by Gasteiger charge is 2.43. The number of hydrogen-bond donors (Lipinski definition) is 1. The van der Waals surface area contributed by atoms with Crippen LogP contribution in [0.5, 0.6) is 0 Å². The fourth-order valence-electron chi connectivity index (χ4n) is 2.37. The van der Waals surface area contributed by atoms with Gasteiger partial charge in [0.05, 0.1) is 6.07 Å². The van der Waals surface area contributed by atoms with Gasteiger partial charge < -0.3 is 5.32 Å². The molecule has 1 atom stereocenters. The molecule has 0 amide bonds. The number of rotatable bonds is 3. The second-order valence-corrected chi connectivity index (χ2v) is 4.93. The lowest BCUT2D eigenvalue weighted by Crippen LogP contribution is -2.50. The van der Waals surface area contributed by atoms with Crippen molar-refractivity contribution in [2.45, 2.75) is 32.2 Å². The molecule has 1 saturated carbocycles. The highest BCUT2D eigenvalue weighted by molar-refractivity contribution is 5.01. The lowest BCUT2D eigenvalue weighted by molar-refractivity contribution is 0.171. The predicted octanol–water partition coefficient (Wildman–Crippen LogP) is 0.974. The van der Waals surface area contributed by atoms with Crippen molar-refractivity contribution in [2.24, 2.45) is 5.41 Å². The van der Waals surface area contributed by atoms with Crippen LogP contribution in [0.25, 0.3) is 0 Å². The van der Waals surface area contributed by atoms with Gasteiger partial charge in [-0.2, -0.15) is 5.26 Å². The Bertz CT molecular complexity index is 239. The van der Waals surface area contributed by atoms with Crippen molar-refractivity contribution < 1.29 is 0 Å². The van der Waals surface area contributed by atoms with Gasteiger partial charge in [-0.05, 0) is 25.2 Å². The first-order valence-corrected chi connectivity index (χ1v) is 5.57. The van der Waals surface area contributed by atoms with Crippen molar-refractivity contribution in [1.29, 1.82) is 5.26 Å². The summed E-state index contributed by atoms with van der Waals surface area (Å²) >= 11 is 0. The minimum atomic E-state index is 0.381.